The Hall–Kier alpha value is -6.84. The highest BCUT2D eigenvalue weighted by molar-refractivity contribution is 5.98. The summed E-state index contributed by atoms with van der Waals surface area (Å²) in [6.45, 7) is 8.02. The van der Waals surface area contributed by atoms with E-state index in [-0.39, 0.29) is 60.1 Å². The normalized spacial score (nSPS) is 12.3. The fraction of sp³-hybridized carbons (Fsp3) is 0.273. The van der Waals surface area contributed by atoms with E-state index in [1.165, 1.54) is 0 Å². The number of hydrogen-bond acceptors (Lipinski definition) is 5. The van der Waals surface area contributed by atoms with Gasteiger partial charge in [-0.25, -0.2) is 0 Å². The Morgan fingerprint density at radius 2 is 0.719 bits per heavy atom. The molecule has 0 aromatic heterocycles. The van der Waals surface area contributed by atoms with Gasteiger partial charge in [-0.3, -0.25) is 19.2 Å². The quantitative estimate of drug-likeness (QED) is 0.0521. The van der Waals surface area contributed by atoms with E-state index in [0.29, 0.717) is 35.3 Å². The predicted octanol–water partition coefficient (Wildman–Crippen LogP) is 10.2. The van der Waals surface area contributed by atoms with Gasteiger partial charge in [0.15, 0.2) is 0 Å². The molecule has 2 atom stereocenters. The van der Waals surface area contributed by atoms with Gasteiger partial charge in [0, 0.05) is 36.1 Å². The zero-order valence-corrected chi connectivity index (χ0v) is 37.1. The average molecular weight is 857 g/mol. The Morgan fingerprint density at radius 1 is 0.422 bits per heavy atom. The van der Waals surface area contributed by atoms with Crippen molar-refractivity contribution in [1.29, 1.82) is 0 Å². The molecule has 0 aliphatic rings. The molecular weight excluding hydrogens is 797 g/mol. The van der Waals surface area contributed by atoms with Gasteiger partial charge in [0.1, 0.15) is 18.2 Å². The lowest BCUT2D eigenvalue weighted by molar-refractivity contribution is -0.127. The molecule has 5 N–H and O–H groups in total. The second kappa shape index (κ2) is 23.0. The van der Waals surface area contributed by atoms with Crippen LogP contribution < -0.4 is 21.3 Å². The van der Waals surface area contributed by atoms with Gasteiger partial charge in [0.05, 0.1) is 0 Å². The molecule has 9 nitrogen and oxygen atoms in total. The van der Waals surface area contributed by atoms with Crippen molar-refractivity contribution in [2.75, 3.05) is 10.6 Å². The summed E-state index contributed by atoms with van der Waals surface area (Å²) in [5.41, 5.74) is 6.05. The van der Waals surface area contributed by atoms with Gasteiger partial charge in [-0.2, -0.15) is 0 Å². The van der Waals surface area contributed by atoms with Crippen molar-refractivity contribution in [2.45, 2.75) is 83.4 Å². The minimum atomic E-state index is -1.09. The maximum Gasteiger partial charge on any atom is 0.246 e. The number of nitrogens with one attached hydrogen (secondary N) is 4. The molecule has 0 bridgehead atoms. The fourth-order valence-corrected chi connectivity index (χ4v) is 8.11. The number of aliphatic hydroxyl groups excluding tert-OH is 1. The standard InChI is InChI=1S/C55H60N4O5/c1-37(2)31-49(58-51(60)35-47(39-19-9-5-10-20-39)40-21-11-6-12-22-40)54(63)56-45-29-17-27-43(33-45)53(62)44-28-18-30-46(34-44)57-55(64)50(32-38(3)4)59-52(61)36-48(41-23-13-7-14-24-41)42-25-15-8-16-26-42/h5-30,33-34,37-38,47-50,53,62H,31-32,35-36H2,1-4H3,(H,56,63)(H,57,64)(H,58,60)(H,59,61)/t49-,50-/m0/s1. The number of aliphatic hydroxyl groups is 1. The van der Waals surface area contributed by atoms with Crippen molar-refractivity contribution >= 4 is 35.0 Å². The van der Waals surface area contributed by atoms with Crippen LogP contribution in [0.4, 0.5) is 11.4 Å². The summed E-state index contributed by atoms with van der Waals surface area (Å²) in [5.74, 6) is -1.28. The van der Waals surface area contributed by atoms with Gasteiger partial charge in [-0.1, -0.05) is 173 Å². The molecular formula is C55H60N4O5. The molecule has 0 spiro atoms. The third-order valence-corrected chi connectivity index (χ3v) is 11.2. The number of benzene rings is 6. The van der Waals surface area contributed by atoms with E-state index in [1.807, 2.05) is 149 Å². The Bertz CT molecular complexity index is 2180. The van der Waals surface area contributed by atoms with Gasteiger partial charge < -0.3 is 26.4 Å². The monoisotopic (exact) mass is 856 g/mol. The first-order valence-corrected chi connectivity index (χ1v) is 22.2. The summed E-state index contributed by atoms with van der Waals surface area (Å²) in [5, 5.41) is 23.6. The Morgan fingerprint density at radius 3 is 1.02 bits per heavy atom. The number of amides is 4. The molecule has 4 amide bonds. The Balaban J connectivity index is 1.10. The molecule has 6 rings (SSSR count). The molecule has 0 heterocycles. The highest BCUT2D eigenvalue weighted by atomic mass is 16.3. The van der Waals surface area contributed by atoms with Crippen molar-refractivity contribution < 1.29 is 24.3 Å². The van der Waals surface area contributed by atoms with Crippen LogP contribution in [0.3, 0.4) is 0 Å². The van der Waals surface area contributed by atoms with Gasteiger partial charge in [0.2, 0.25) is 23.6 Å². The summed E-state index contributed by atoms with van der Waals surface area (Å²) in [6.07, 6.45) is 0.126. The molecule has 330 valence electrons. The summed E-state index contributed by atoms with van der Waals surface area (Å²) in [4.78, 5) is 54.9. The van der Waals surface area contributed by atoms with Crippen LogP contribution in [0.1, 0.15) is 105 Å². The third-order valence-electron chi connectivity index (χ3n) is 11.2. The van der Waals surface area contributed by atoms with Gasteiger partial charge in [0.25, 0.3) is 0 Å². The zero-order chi connectivity index (χ0) is 45.4. The predicted molar refractivity (Wildman–Crippen MR) is 256 cm³/mol. The van der Waals surface area contributed by atoms with Crippen molar-refractivity contribution in [3.63, 3.8) is 0 Å². The third kappa shape index (κ3) is 13.6. The van der Waals surface area contributed by atoms with Crippen LogP contribution >= 0.6 is 0 Å². The SMILES string of the molecule is CC(C)C[C@H](NC(=O)CC(c1ccccc1)c1ccccc1)C(=O)Nc1cccc(C(O)c2cccc(NC(=O)[C@H](CC(C)C)NC(=O)CC(c3ccccc3)c3ccccc3)c2)c1. The average Bonchev–Trinajstić information content (AvgIpc) is 3.30. The number of rotatable bonds is 20. The van der Waals surface area contributed by atoms with Crippen molar-refractivity contribution in [3.05, 3.63) is 203 Å². The minimum Gasteiger partial charge on any atom is -0.384 e. The van der Waals surface area contributed by atoms with E-state index in [9.17, 15) is 24.3 Å². The second-order valence-electron chi connectivity index (χ2n) is 17.3. The minimum absolute atomic E-state index is 0.125. The Labute approximate surface area is 377 Å². The van der Waals surface area contributed by atoms with Crippen LogP contribution in [0.15, 0.2) is 170 Å². The maximum atomic E-state index is 13.8. The fourth-order valence-electron chi connectivity index (χ4n) is 8.11. The van der Waals surface area contributed by atoms with E-state index in [0.717, 1.165) is 22.3 Å². The molecule has 0 saturated heterocycles. The molecule has 0 aliphatic heterocycles. The van der Waals surface area contributed by atoms with Gasteiger partial charge in [-0.15, -0.1) is 0 Å². The molecule has 0 radical (unpaired) electrons. The summed E-state index contributed by atoms with van der Waals surface area (Å²) in [6, 6.07) is 51.9. The first kappa shape index (κ1) is 46.7. The van der Waals surface area contributed by atoms with E-state index in [2.05, 4.69) is 21.3 Å². The number of carbonyl (C=O) groups is 4. The number of hydrogen-bond donors (Lipinski definition) is 5. The van der Waals surface area contributed by atoms with Crippen LogP contribution in [0.25, 0.3) is 0 Å². The summed E-state index contributed by atoms with van der Waals surface area (Å²) in [7, 11) is 0. The summed E-state index contributed by atoms with van der Waals surface area (Å²) >= 11 is 0. The van der Waals surface area contributed by atoms with Crippen molar-refractivity contribution in [2.24, 2.45) is 11.8 Å². The van der Waals surface area contributed by atoms with Crippen molar-refractivity contribution in [3.8, 4) is 0 Å². The molecule has 0 unspecified atom stereocenters. The maximum absolute atomic E-state index is 13.8. The highest BCUT2D eigenvalue weighted by Gasteiger charge is 2.27. The van der Waals surface area contributed by atoms with Gasteiger partial charge in [-0.05, 0) is 82.3 Å². The van der Waals surface area contributed by atoms with E-state index in [4.69, 9.17) is 0 Å². The van der Waals surface area contributed by atoms with E-state index < -0.39 is 18.2 Å². The number of carbonyl (C=O) groups excluding carboxylic acids is 4. The lowest BCUT2D eigenvalue weighted by Crippen LogP contribution is -2.45. The van der Waals surface area contributed by atoms with Crippen LogP contribution in [-0.4, -0.2) is 40.8 Å². The molecule has 0 saturated carbocycles. The lowest BCUT2D eigenvalue weighted by atomic mass is 9.88. The largest absolute Gasteiger partial charge is 0.384 e. The molecule has 6 aromatic rings. The molecule has 9 heteroatoms. The Kier molecular flexibility index (Phi) is 16.8. The molecule has 6 aromatic carbocycles. The topological polar surface area (TPSA) is 137 Å². The first-order chi connectivity index (χ1) is 30.9. The van der Waals surface area contributed by atoms with Crippen LogP contribution in [0, 0.1) is 11.8 Å². The molecule has 64 heavy (non-hydrogen) atoms. The zero-order valence-electron chi connectivity index (χ0n) is 37.1. The molecule has 0 fully saturated rings. The molecule has 0 aliphatic carbocycles. The van der Waals surface area contributed by atoms with Crippen LogP contribution in [0.2, 0.25) is 0 Å². The van der Waals surface area contributed by atoms with E-state index in [1.54, 1.807) is 48.5 Å². The highest BCUT2D eigenvalue weighted by Crippen LogP contribution is 2.30. The van der Waals surface area contributed by atoms with E-state index >= 15 is 0 Å². The lowest BCUT2D eigenvalue weighted by Gasteiger charge is -2.23. The second-order valence-corrected chi connectivity index (χ2v) is 17.3. The van der Waals surface area contributed by atoms with Crippen LogP contribution in [-0.2, 0) is 19.2 Å². The van der Waals surface area contributed by atoms with Crippen LogP contribution in [0.5, 0.6) is 0 Å². The summed E-state index contributed by atoms with van der Waals surface area (Å²) < 4.78 is 0. The van der Waals surface area contributed by atoms with Crippen molar-refractivity contribution in [1.82, 2.24) is 10.6 Å². The smallest absolute Gasteiger partial charge is 0.246 e. The van der Waals surface area contributed by atoms with Gasteiger partial charge >= 0.3 is 0 Å². The number of anilines is 2. The first-order valence-electron chi connectivity index (χ1n) is 22.2.